The van der Waals surface area contributed by atoms with Crippen LogP contribution in [0.1, 0.15) is 32.4 Å². The molecule has 7 nitrogen and oxygen atoms in total. The minimum absolute atomic E-state index is 0.102. The Labute approximate surface area is 160 Å². The molecule has 1 aliphatic rings. The van der Waals surface area contributed by atoms with Crippen molar-refractivity contribution < 1.29 is 19.1 Å². The number of β-lactam (4-membered cyclic amide) rings is 1. The number of carbonyl (C=O) groups is 3. The summed E-state index contributed by atoms with van der Waals surface area (Å²) in [4.78, 5) is 36.5. The van der Waals surface area contributed by atoms with Gasteiger partial charge in [0.2, 0.25) is 11.8 Å². The third-order valence-corrected chi connectivity index (χ3v) is 4.48. The molecule has 2 rings (SSSR count). The van der Waals surface area contributed by atoms with Gasteiger partial charge in [0.1, 0.15) is 17.7 Å². The van der Waals surface area contributed by atoms with Crippen LogP contribution in [0, 0.1) is 0 Å². The van der Waals surface area contributed by atoms with Gasteiger partial charge in [-0.15, -0.1) is 0 Å². The lowest BCUT2D eigenvalue weighted by Crippen LogP contribution is -2.70. The lowest BCUT2D eigenvalue weighted by atomic mass is 9.99. The topological polar surface area (TPSA) is 96.5 Å². The number of halogens is 1. The molecule has 3 amide bonds. The van der Waals surface area contributed by atoms with Gasteiger partial charge in [-0.25, -0.2) is 4.79 Å². The fraction of sp³-hybridized carbons (Fsp3) is 0.471. The van der Waals surface area contributed by atoms with E-state index in [0.717, 1.165) is 0 Å². The number of ether oxygens (including phenoxy) is 1. The molecule has 0 aromatic heterocycles. The van der Waals surface area contributed by atoms with Crippen LogP contribution in [0.2, 0.25) is 0 Å². The molecule has 136 valence electrons. The molecule has 1 aromatic rings. The number of rotatable bonds is 5. The van der Waals surface area contributed by atoms with Crippen molar-refractivity contribution in [1.29, 1.82) is 0 Å². The van der Waals surface area contributed by atoms with Crippen molar-refractivity contribution in [3.8, 4) is 0 Å². The summed E-state index contributed by atoms with van der Waals surface area (Å²) in [6.45, 7) is 5.23. The predicted molar refractivity (Wildman–Crippen MR) is 101 cm³/mol. The highest BCUT2D eigenvalue weighted by Crippen LogP contribution is 2.17. The van der Waals surface area contributed by atoms with Crippen LogP contribution in [0.3, 0.4) is 0 Å². The van der Waals surface area contributed by atoms with Gasteiger partial charge in [0, 0.05) is 4.43 Å². The molecule has 0 aliphatic carbocycles. The van der Waals surface area contributed by atoms with Gasteiger partial charge in [-0.05, 0) is 26.3 Å². The zero-order chi connectivity index (χ0) is 18.6. The van der Waals surface area contributed by atoms with Crippen molar-refractivity contribution in [2.75, 3.05) is 4.43 Å². The first kappa shape index (κ1) is 19.5. The van der Waals surface area contributed by atoms with Gasteiger partial charge in [0.05, 0.1) is 6.04 Å². The molecule has 0 saturated carbocycles. The van der Waals surface area contributed by atoms with Crippen molar-refractivity contribution in [3.63, 3.8) is 0 Å². The number of alkyl carbamates (subject to hydrolysis) is 1. The molecule has 1 heterocycles. The Kier molecular flexibility index (Phi) is 6.26. The SMILES string of the molecule is CC(C)(C)OC(=O)NC(C(=O)NC1C(=O)NC1CI)c1ccccc1. The number of nitrogens with one attached hydrogen (secondary N) is 3. The minimum Gasteiger partial charge on any atom is -0.444 e. The Bertz CT molecular complexity index is 645. The average molecular weight is 459 g/mol. The van der Waals surface area contributed by atoms with E-state index in [1.165, 1.54) is 0 Å². The molecule has 0 bridgehead atoms. The van der Waals surface area contributed by atoms with Gasteiger partial charge >= 0.3 is 6.09 Å². The maximum Gasteiger partial charge on any atom is 0.408 e. The van der Waals surface area contributed by atoms with E-state index in [1.807, 2.05) is 6.07 Å². The van der Waals surface area contributed by atoms with E-state index >= 15 is 0 Å². The quantitative estimate of drug-likeness (QED) is 0.355. The first-order valence-corrected chi connectivity index (χ1v) is 9.45. The predicted octanol–water partition coefficient (Wildman–Crippen LogP) is 1.67. The summed E-state index contributed by atoms with van der Waals surface area (Å²) < 4.78 is 5.92. The van der Waals surface area contributed by atoms with E-state index in [2.05, 4.69) is 38.5 Å². The Morgan fingerprint density at radius 2 is 1.92 bits per heavy atom. The summed E-state index contributed by atoms with van der Waals surface area (Å²) in [6.07, 6.45) is -0.694. The van der Waals surface area contributed by atoms with Gasteiger partial charge in [0.15, 0.2) is 0 Å². The monoisotopic (exact) mass is 459 g/mol. The molecule has 3 atom stereocenters. The van der Waals surface area contributed by atoms with Gasteiger partial charge in [0.25, 0.3) is 0 Å². The summed E-state index contributed by atoms with van der Waals surface area (Å²) in [5.74, 6) is -0.675. The van der Waals surface area contributed by atoms with Crippen molar-refractivity contribution >= 4 is 40.5 Å². The molecule has 25 heavy (non-hydrogen) atoms. The lowest BCUT2D eigenvalue weighted by Gasteiger charge is -2.36. The van der Waals surface area contributed by atoms with Gasteiger partial charge in [-0.2, -0.15) is 0 Å². The van der Waals surface area contributed by atoms with Crippen molar-refractivity contribution in [1.82, 2.24) is 16.0 Å². The molecule has 0 radical (unpaired) electrons. The Hall–Kier alpha value is -1.84. The fourth-order valence-electron chi connectivity index (χ4n) is 2.34. The zero-order valence-corrected chi connectivity index (χ0v) is 16.5. The standard InChI is InChI=1S/C17H22IN3O4/c1-17(2,3)25-16(24)21-12(10-7-5-4-6-8-10)14(22)20-13-11(9-18)19-15(13)23/h4-8,11-13H,9H2,1-3H3,(H,19,23)(H,20,22)(H,21,24). The van der Waals surface area contributed by atoms with Crippen LogP contribution in [-0.4, -0.2) is 40.0 Å². The number of alkyl halides is 1. The van der Waals surface area contributed by atoms with Gasteiger partial charge < -0.3 is 20.7 Å². The van der Waals surface area contributed by atoms with Crippen LogP contribution in [-0.2, 0) is 14.3 Å². The second kappa shape index (κ2) is 8.03. The number of benzene rings is 1. The van der Waals surface area contributed by atoms with Crippen LogP contribution in [0.15, 0.2) is 30.3 Å². The minimum atomic E-state index is -0.945. The number of hydrogen-bond donors (Lipinski definition) is 3. The first-order chi connectivity index (χ1) is 11.7. The summed E-state index contributed by atoms with van der Waals surface area (Å²) in [5, 5.41) is 8.02. The van der Waals surface area contributed by atoms with E-state index in [4.69, 9.17) is 4.74 Å². The fourth-order valence-corrected chi connectivity index (χ4v) is 3.07. The largest absolute Gasteiger partial charge is 0.444 e. The molecule has 1 aliphatic heterocycles. The summed E-state index contributed by atoms with van der Waals surface area (Å²) in [7, 11) is 0. The lowest BCUT2D eigenvalue weighted by molar-refractivity contribution is -0.136. The van der Waals surface area contributed by atoms with Crippen LogP contribution < -0.4 is 16.0 Å². The second-order valence-corrected chi connectivity index (χ2v) is 7.63. The maximum atomic E-state index is 12.7. The molecular weight excluding hydrogens is 437 g/mol. The number of carbonyl (C=O) groups excluding carboxylic acids is 3. The highest BCUT2D eigenvalue weighted by molar-refractivity contribution is 14.1. The maximum absolute atomic E-state index is 12.7. The van der Waals surface area contributed by atoms with Gasteiger partial charge in [-0.3, -0.25) is 9.59 Å². The Morgan fingerprint density at radius 1 is 1.28 bits per heavy atom. The van der Waals surface area contributed by atoms with E-state index < -0.39 is 29.7 Å². The Morgan fingerprint density at radius 3 is 2.44 bits per heavy atom. The molecule has 1 aromatic carbocycles. The normalized spacial score (nSPS) is 20.7. The third-order valence-electron chi connectivity index (χ3n) is 3.53. The average Bonchev–Trinajstić information content (AvgIpc) is 2.54. The molecule has 0 spiro atoms. The number of amides is 3. The van der Waals surface area contributed by atoms with Crippen molar-refractivity contribution in [2.45, 2.75) is 44.5 Å². The molecule has 3 unspecified atom stereocenters. The summed E-state index contributed by atoms with van der Waals surface area (Å²) >= 11 is 2.14. The van der Waals surface area contributed by atoms with Crippen LogP contribution in [0.4, 0.5) is 4.79 Å². The molecular formula is C17H22IN3O4. The Balaban J connectivity index is 2.13. The van der Waals surface area contributed by atoms with E-state index in [0.29, 0.717) is 9.99 Å². The van der Waals surface area contributed by atoms with Crippen molar-refractivity contribution in [3.05, 3.63) is 35.9 Å². The van der Waals surface area contributed by atoms with Crippen LogP contribution in [0.5, 0.6) is 0 Å². The number of hydrogen-bond acceptors (Lipinski definition) is 4. The zero-order valence-electron chi connectivity index (χ0n) is 14.3. The van der Waals surface area contributed by atoms with Crippen molar-refractivity contribution in [2.24, 2.45) is 0 Å². The van der Waals surface area contributed by atoms with Gasteiger partial charge in [-0.1, -0.05) is 52.9 Å². The summed E-state index contributed by atoms with van der Waals surface area (Å²) in [5.41, 5.74) is -0.0706. The van der Waals surface area contributed by atoms with Crippen LogP contribution in [0.25, 0.3) is 0 Å². The summed E-state index contributed by atoms with van der Waals surface area (Å²) in [6, 6.07) is 7.20. The molecule has 3 N–H and O–H groups in total. The first-order valence-electron chi connectivity index (χ1n) is 7.92. The molecule has 1 fully saturated rings. The molecule has 1 saturated heterocycles. The highest BCUT2D eigenvalue weighted by Gasteiger charge is 2.41. The van der Waals surface area contributed by atoms with E-state index in [9.17, 15) is 14.4 Å². The highest BCUT2D eigenvalue weighted by atomic mass is 127. The molecule has 8 heteroatoms. The second-order valence-electron chi connectivity index (χ2n) is 6.75. The third kappa shape index (κ3) is 5.32. The smallest absolute Gasteiger partial charge is 0.408 e. The van der Waals surface area contributed by atoms with E-state index in [1.54, 1.807) is 45.0 Å². The van der Waals surface area contributed by atoms with Crippen LogP contribution >= 0.6 is 22.6 Å². The van der Waals surface area contributed by atoms with E-state index in [-0.39, 0.29) is 11.9 Å².